The molecule has 0 fully saturated rings. The van der Waals surface area contributed by atoms with E-state index < -0.39 is 11.9 Å². The Kier molecular flexibility index (Phi) is 4.47. The van der Waals surface area contributed by atoms with E-state index in [-0.39, 0.29) is 0 Å². The molecule has 0 aliphatic carbocycles. The Morgan fingerprint density at radius 2 is 2.00 bits per heavy atom. The fraction of sp³-hybridized carbons (Fsp3) is 0.286. The highest BCUT2D eigenvalue weighted by molar-refractivity contribution is 5.31. The molecule has 1 atom stereocenters. The first-order valence-corrected chi connectivity index (χ1v) is 6.08. The summed E-state index contributed by atoms with van der Waals surface area (Å²) in [6.45, 7) is 0. The summed E-state index contributed by atoms with van der Waals surface area (Å²) in [7, 11) is 3.01. The third-order valence-corrected chi connectivity index (χ3v) is 2.94. The Hall–Kier alpha value is -2.21. The molecule has 2 N–H and O–H groups in total. The van der Waals surface area contributed by atoms with Crippen LogP contribution < -0.4 is 15.2 Å². The minimum atomic E-state index is -0.500. The zero-order chi connectivity index (χ0) is 14.5. The number of nitrogens with zero attached hydrogens (tertiary/aromatic N) is 2. The maximum absolute atomic E-state index is 13.9. The van der Waals surface area contributed by atoms with Crippen LogP contribution in [0.2, 0.25) is 0 Å². The first-order valence-electron chi connectivity index (χ1n) is 6.08. The van der Waals surface area contributed by atoms with Crippen molar-refractivity contribution in [3.8, 4) is 11.6 Å². The van der Waals surface area contributed by atoms with Crippen molar-refractivity contribution in [2.75, 3.05) is 14.2 Å². The van der Waals surface area contributed by atoms with Gasteiger partial charge in [0.25, 0.3) is 0 Å². The number of benzene rings is 1. The zero-order valence-electron chi connectivity index (χ0n) is 11.3. The Morgan fingerprint density at radius 1 is 1.20 bits per heavy atom. The molecular formula is C14H16FN3O2. The number of hydrogen-bond donors (Lipinski definition) is 1. The summed E-state index contributed by atoms with van der Waals surface area (Å²) in [6, 6.07) is 5.80. The van der Waals surface area contributed by atoms with Crippen LogP contribution in [0.5, 0.6) is 11.6 Å². The maximum Gasteiger partial charge on any atom is 0.216 e. The summed E-state index contributed by atoms with van der Waals surface area (Å²) in [5.41, 5.74) is 7.14. The third-order valence-electron chi connectivity index (χ3n) is 2.94. The van der Waals surface area contributed by atoms with Crippen molar-refractivity contribution >= 4 is 0 Å². The fourth-order valence-corrected chi connectivity index (χ4v) is 1.87. The molecule has 1 unspecified atom stereocenters. The average molecular weight is 277 g/mol. The minimum absolute atomic E-state index is 0.391. The average Bonchev–Trinajstić information content (AvgIpc) is 2.47. The van der Waals surface area contributed by atoms with Crippen molar-refractivity contribution in [3.05, 3.63) is 47.7 Å². The van der Waals surface area contributed by atoms with Gasteiger partial charge in [0.1, 0.15) is 17.9 Å². The van der Waals surface area contributed by atoms with Gasteiger partial charge in [-0.3, -0.25) is 0 Å². The first-order chi connectivity index (χ1) is 9.63. The second kappa shape index (κ2) is 6.29. The van der Waals surface area contributed by atoms with Gasteiger partial charge in [0.15, 0.2) is 0 Å². The van der Waals surface area contributed by atoms with E-state index in [0.29, 0.717) is 29.3 Å². The molecule has 2 rings (SSSR count). The molecule has 0 saturated carbocycles. The van der Waals surface area contributed by atoms with Gasteiger partial charge in [-0.2, -0.15) is 0 Å². The quantitative estimate of drug-likeness (QED) is 0.903. The van der Waals surface area contributed by atoms with E-state index in [2.05, 4.69) is 9.97 Å². The van der Waals surface area contributed by atoms with Crippen LogP contribution in [0.4, 0.5) is 4.39 Å². The lowest BCUT2D eigenvalue weighted by molar-refractivity contribution is 0.395. The van der Waals surface area contributed by atoms with Crippen LogP contribution in [-0.2, 0) is 6.42 Å². The fourth-order valence-electron chi connectivity index (χ4n) is 1.87. The predicted molar refractivity (Wildman–Crippen MR) is 72.2 cm³/mol. The van der Waals surface area contributed by atoms with Crippen LogP contribution in [0.15, 0.2) is 30.6 Å². The van der Waals surface area contributed by atoms with Crippen LogP contribution in [0.1, 0.15) is 17.3 Å². The van der Waals surface area contributed by atoms with Gasteiger partial charge in [-0.25, -0.2) is 14.4 Å². The highest BCUT2D eigenvalue weighted by Crippen LogP contribution is 2.23. The van der Waals surface area contributed by atoms with Crippen molar-refractivity contribution in [1.82, 2.24) is 9.97 Å². The molecule has 5 nitrogen and oxygen atoms in total. The lowest BCUT2D eigenvalue weighted by atomic mass is 10.0. The smallest absolute Gasteiger partial charge is 0.216 e. The van der Waals surface area contributed by atoms with Crippen LogP contribution >= 0.6 is 0 Å². The molecule has 106 valence electrons. The molecule has 0 radical (unpaired) electrons. The van der Waals surface area contributed by atoms with Gasteiger partial charge >= 0.3 is 0 Å². The molecule has 0 aliphatic rings. The van der Waals surface area contributed by atoms with Gasteiger partial charge in [0.05, 0.1) is 14.2 Å². The number of rotatable bonds is 5. The van der Waals surface area contributed by atoms with Gasteiger partial charge < -0.3 is 15.2 Å². The summed E-state index contributed by atoms with van der Waals surface area (Å²) < 4.78 is 23.9. The van der Waals surface area contributed by atoms with Crippen LogP contribution in [-0.4, -0.2) is 24.2 Å². The second-order valence-electron chi connectivity index (χ2n) is 4.25. The van der Waals surface area contributed by atoms with Crippen LogP contribution in [0, 0.1) is 5.82 Å². The molecule has 1 aromatic carbocycles. The van der Waals surface area contributed by atoms with Gasteiger partial charge in [0, 0.05) is 35.9 Å². The summed E-state index contributed by atoms with van der Waals surface area (Å²) in [5, 5.41) is 0. The van der Waals surface area contributed by atoms with Crippen LogP contribution in [0.3, 0.4) is 0 Å². The number of aromatic nitrogens is 2. The molecule has 20 heavy (non-hydrogen) atoms. The Labute approximate surface area is 116 Å². The van der Waals surface area contributed by atoms with E-state index in [9.17, 15) is 4.39 Å². The van der Waals surface area contributed by atoms with Crippen molar-refractivity contribution < 1.29 is 13.9 Å². The standard InChI is InChI=1S/C14H16FN3O2/c1-19-10-3-4-11(12(15)7-10)13(16)5-9-6-14(20-2)18-8-17-9/h3-4,6-8,13H,5,16H2,1-2H3. The molecule has 0 spiro atoms. The first kappa shape index (κ1) is 14.2. The maximum atomic E-state index is 13.9. The van der Waals surface area contributed by atoms with Crippen LogP contribution in [0.25, 0.3) is 0 Å². The summed E-state index contributed by atoms with van der Waals surface area (Å²) >= 11 is 0. The second-order valence-corrected chi connectivity index (χ2v) is 4.25. The molecule has 0 amide bonds. The molecule has 0 bridgehead atoms. The lowest BCUT2D eigenvalue weighted by Crippen LogP contribution is -2.16. The van der Waals surface area contributed by atoms with Gasteiger partial charge in [0.2, 0.25) is 5.88 Å². The molecule has 2 aromatic rings. The predicted octanol–water partition coefficient (Wildman–Crippen LogP) is 1.88. The molecule has 0 saturated heterocycles. The Bertz CT molecular complexity index is 592. The highest BCUT2D eigenvalue weighted by Gasteiger charge is 2.14. The number of ether oxygens (including phenoxy) is 2. The van der Waals surface area contributed by atoms with E-state index in [1.54, 1.807) is 18.2 Å². The molecular weight excluding hydrogens is 261 g/mol. The van der Waals surface area contributed by atoms with E-state index in [4.69, 9.17) is 15.2 Å². The van der Waals surface area contributed by atoms with E-state index >= 15 is 0 Å². The minimum Gasteiger partial charge on any atom is -0.497 e. The Morgan fingerprint density at radius 3 is 2.65 bits per heavy atom. The number of hydrogen-bond acceptors (Lipinski definition) is 5. The van der Waals surface area contributed by atoms with Gasteiger partial charge in [-0.1, -0.05) is 6.07 Å². The summed E-state index contributed by atoms with van der Waals surface area (Å²) in [6.07, 6.45) is 1.79. The highest BCUT2D eigenvalue weighted by atomic mass is 19.1. The third kappa shape index (κ3) is 3.21. The number of halogens is 1. The molecule has 6 heteroatoms. The summed E-state index contributed by atoms with van der Waals surface area (Å²) in [5.74, 6) is 0.525. The Balaban J connectivity index is 2.16. The van der Waals surface area contributed by atoms with Crippen molar-refractivity contribution in [3.63, 3.8) is 0 Å². The SMILES string of the molecule is COc1ccc(C(N)Cc2cc(OC)ncn2)c(F)c1. The van der Waals surface area contributed by atoms with Gasteiger partial charge in [-0.15, -0.1) is 0 Å². The lowest BCUT2D eigenvalue weighted by Gasteiger charge is -2.13. The normalized spacial score (nSPS) is 12.0. The molecule has 0 aliphatic heterocycles. The number of nitrogens with two attached hydrogens (primary N) is 1. The van der Waals surface area contributed by atoms with Crippen molar-refractivity contribution in [2.24, 2.45) is 5.73 Å². The van der Waals surface area contributed by atoms with E-state index in [1.807, 2.05) is 0 Å². The van der Waals surface area contributed by atoms with E-state index in [0.717, 1.165) is 0 Å². The zero-order valence-corrected chi connectivity index (χ0v) is 11.3. The van der Waals surface area contributed by atoms with E-state index in [1.165, 1.54) is 26.6 Å². The monoisotopic (exact) mass is 277 g/mol. The topological polar surface area (TPSA) is 70.3 Å². The van der Waals surface area contributed by atoms with Crippen molar-refractivity contribution in [2.45, 2.75) is 12.5 Å². The summed E-state index contributed by atoms with van der Waals surface area (Å²) in [4.78, 5) is 8.01. The largest absolute Gasteiger partial charge is 0.497 e. The molecule has 1 heterocycles. The molecule has 1 aromatic heterocycles. The number of methoxy groups -OCH3 is 2. The van der Waals surface area contributed by atoms with Gasteiger partial charge in [-0.05, 0) is 6.07 Å². The van der Waals surface area contributed by atoms with Crippen molar-refractivity contribution in [1.29, 1.82) is 0 Å².